The maximum atomic E-state index is 13.5. The smallest absolute Gasteiger partial charge is 0.404 e. The van der Waals surface area contributed by atoms with E-state index in [0.29, 0.717) is 16.8 Å². The third kappa shape index (κ3) is 6.72. The number of aliphatic hydroxyl groups excluding tert-OH is 1. The summed E-state index contributed by atoms with van der Waals surface area (Å²) in [6.07, 6.45) is 5.49. The second-order valence-corrected chi connectivity index (χ2v) is 13.0. The predicted octanol–water partition coefficient (Wildman–Crippen LogP) is 4.74. The number of aromatic nitrogens is 2. The monoisotopic (exact) mass is 544 g/mol. The van der Waals surface area contributed by atoms with Crippen molar-refractivity contribution >= 4 is 27.5 Å². The van der Waals surface area contributed by atoms with E-state index >= 15 is 0 Å². The fourth-order valence-corrected chi connectivity index (χ4v) is 7.39. The highest BCUT2D eigenvalue weighted by Gasteiger charge is 2.28. The molecule has 4 rings (SSSR count). The summed E-state index contributed by atoms with van der Waals surface area (Å²) in [5.74, 6) is 0.216. The lowest BCUT2D eigenvalue weighted by atomic mass is 9.86. The number of hydrogen-bond acceptors (Lipinski definition) is 7. The Morgan fingerprint density at radius 2 is 1.76 bits per heavy atom. The quantitative estimate of drug-likeness (QED) is 0.337. The van der Waals surface area contributed by atoms with Crippen LogP contribution in [0.3, 0.4) is 0 Å². The van der Waals surface area contributed by atoms with Gasteiger partial charge in [0.2, 0.25) is 10.0 Å². The van der Waals surface area contributed by atoms with Crippen LogP contribution in [-0.2, 0) is 16.6 Å². The minimum absolute atomic E-state index is 0.0399. The van der Waals surface area contributed by atoms with Crippen LogP contribution in [0, 0.1) is 0 Å². The van der Waals surface area contributed by atoms with Crippen LogP contribution in [0.25, 0.3) is 21.6 Å². The molecule has 2 heterocycles. The number of benzene rings is 1. The van der Waals surface area contributed by atoms with Gasteiger partial charge in [-0.25, -0.2) is 22.9 Å². The molecule has 198 valence electrons. The molecule has 0 saturated heterocycles. The van der Waals surface area contributed by atoms with E-state index in [-0.39, 0.29) is 23.5 Å². The van der Waals surface area contributed by atoms with Crippen LogP contribution >= 0.6 is 11.3 Å². The van der Waals surface area contributed by atoms with Crippen LogP contribution in [0.1, 0.15) is 63.1 Å². The SMILES string of the molecule is CC(C)(C)NS(=O)(=O)c1cc(-c2ccc(CO)nc2)ccc1-c1cnc(C2CCC(NC(=O)O)CC2)s1. The second kappa shape index (κ2) is 10.9. The molecule has 0 unspecified atom stereocenters. The van der Waals surface area contributed by atoms with E-state index in [1.807, 2.05) is 12.1 Å². The molecule has 3 aromatic rings. The summed E-state index contributed by atoms with van der Waals surface area (Å²) in [4.78, 5) is 20.7. The lowest BCUT2D eigenvalue weighted by molar-refractivity contribution is 0.185. The summed E-state index contributed by atoms with van der Waals surface area (Å²) in [6.45, 7) is 5.23. The van der Waals surface area contributed by atoms with E-state index in [4.69, 9.17) is 5.11 Å². The van der Waals surface area contributed by atoms with Crippen molar-refractivity contribution in [3.05, 3.63) is 53.4 Å². The number of carboxylic acid groups (broad SMARTS) is 1. The summed E-state index contributed by atoms with van der Waals surface area (Å²) < 4.78 is 29.8. The average molecular weight is 545 g/mol. The lowest BCUT2D eigenvalue weighted by Gasteiger charge is -2.27. The number of pyridine rings is 1. The second-order valence-electron chi connectivity index (χ2n) is 10.3. The predicted molar refractivity (Wildman–Crippen MR) is 143 cm³/mol. The molecule has 9 nitrogen and oxygen atoms in total. The summed E-state index contributed by atoms with van der Waals surface area (Å²) >= 11 is 1.48. The van der Waals surface area contributed by atoms with E-state index in [9.17, 15) is 18.3 Å². The first-order valence-electron chi connectivity index (χ1n) is 12.1. The zero-order valence-corrected chi connectivity index (χ0v) is 22.7. The molecule has 0 atom stereocenters. The van der Waals surface area contributed by atoms with Gasteiger partial charge in [-0.3, -0.25) is 4.98 Å². The number of nitrogens with zero attached hydrogens (tertiary/aromatic N) is 2. The number of amides is 1. The van der Waals surface area contributed by atoms with Gasteiger partial charge < -0.3 is 15.5 Å². The van der Waals surface area contributed by atoms with E-state index < -0.39 is 21.7 Å². The minimum atomic E-state index is -3.87. The standard InChI is InChI=1S/C26H32N4O5S2/c1-26(2,3)30-37(34,35)23-12-17(18-6-10-20(15-31)27-13-18)7-11-21(23)22-14-28-24(36-22)16-4-8-19(9-5-16)29-25(32)33/h6-7,10-14,16,19,29-31H,4-5,8-9,15H2,1-3H3,(H,32,33). The largest absolute Gasteiger partial charge is 0.465 e. The van der Waals surface area contributed by atoms with E-state index in [1.165, 1.54) is 11.3 Å². The van der Waals surface area contributed by atoms with Crippen LogP contribution < -0.4 is 10.0 Å². The molecule has 37 heavy (non-hydrogen) atoms. The number of sulfonamides is 1. The van der Waals surface area contributed by atoms with Gasteiger partial charge in [-0.1, -0.05) is 18.2 Å². The van der Waals surface area contributed by atoms with Gasteiger partial charge in [0.1, 0.15) is 0 Å². The van der Waals surface area contributed by atoms with Crippen molar-refractivity contribution in [3.8, 4) is 21.6 Å². The topological polar surface area (TPSA) is 142 Å². The number of nitrogens with one attached hydrogen (secondary N) is 2. The molecule has 1 aromatic carbocycles. The van der Waals surface area contributed by atoms with Crippen molar-refractivity contribution in [3.63, 3.8) is 0 Å². The molecule has 1 saturated carbocycles. The zero-order chi connectivity index (χ0) is 26.8. The molecule has 1 aliphatic carbocycles. The first kappa shape index (κ1) is 27.2. The maximum absolute atomic E-state index is 13.5. The first-order chi connectivity index (χ1) is 17.4. The number of rotatable bonds is 7. The Balaban J connectivity index is 1.68. The number of aliphatic hydroxyl groups is 1. The molecule has 1 aliphatic rings. The van der Waals surface area contributed by atoms with Gasteiger partial charge in [0, 0.05) is 41.0 Å². The highest BCUT2D eigenvalue weighted by molar-refractivity contribution is 7.89. The fourth-order valence-electron chi connectivity index (χ4n) is 4.53. The zero-order valence-electron chi connectivity index (χ0n) is 21.1. The average Bonchev–Trinajstić information content (AvgIpc) is 3.32. The lowest BCUT2D eigenvalue weighted by Crippen LogP contribution is -2.40. The highest BCUT2D eigenvalue weighted by Crippen LogP contribution is 2.40. The molecule has 2 aromatic heterocycles. The van der Waals surface area contributed by atoms with Gasteiger partial charge in [-0.15, -0.1) is 11.3 Å². The van der Waals surface area contributed by atoms with Crippen LogP contribution in [0.4, 0.5) is 4.79 Å². The summed E-state index contributed by atoms with van der Waals surface area (Å²) in [5.41, 5.74) is 1.88. The van der Waals surface area contributed by atoms with Gasteiger partial charge in [-0.05, 0) is 64.2 Å². The normalized spacial score (nSPS) is 18.5. The molecule has 0 aliphatic heterocycles. The molecule has 4 N–H and O–H groups in total. The Kier molecular flexibility index (Phi) is 7.98. The fraction of sp³-hybridized carbons (Fsp3) is 0.423. The Morgan fingerprint density at radius 1 is 1.05 bits per heavy atom. The third-order valence-electron chi connectivity index (χ3n) is 6.22. The van der Waals surface area contributed by atoms with Crippen molar-refractivity contribution < 1.29 is 23.4 Å². The van der Waals surface area contributed by atoms with E-state index in [1.54, 1.807) is 51.4 Å². The van der Waals surface area contributed by atoms with Crippen LogP contribution in [0.5, 0.6) is 0 Å². The van der Waals surface area contributed by atoms with Crippen molar-refractivity contribution in [2.45, 2.75) is 75.5 Å². The molecule has 0 radical (unpaired) electrons. The summed E-state index contributed by atoms with van der Waals surface area (Å²) in [5, 5.41) is 21.7. The summed E-state index contributed by atoms with van der Waals surface area (Å²) in [6, 6.07) is 8.80. The minimum Gasteiger partial charge on any atom is -0.465 e. The first-order valence-corrected chi connectivity index (χ1v) is 14.4. The molecule has 1 amide bonds. The Hall–Kier alpha value is -2.86. The maximum Gasteiger partial charge on any atom is 0.404 e. The number of thiazole rings is 1. The van der Waals surface area contributed by atoms with Gasteiger partial charge >= 0.3 is 6.09 Å². The molecule has 0 spiro atoms. The highest BCUT2D eigenvalue weighted by atomic mass is 32.2. The van der Waals surface area contributed by atoms with E-state index in [2.05, 4.69) is 20.0 Å². The van der Waals surface area contributed by atoms with E-state index in [0.717, 1.165) is 41.1 Å². The molecular formula is C26H32N4O5S2. The number of carbonyl (C=O) groups is 1. The Morgan fingerprint density at radius 3 is 2.35 bits per heavy atom. The summed E-state index contributed by atoms with van der Waals surface area (Å²) in [7, 11) is -3.87. The van der Waals surface area contributed by atoms with Crippen molar-refractivity contribution in [1.29, 1.82) is 0 Å². The molecule has 11 heteroatoms. The molecular weight excluding hydrogens is 512 g/mol. The molecule has 0 bridgehead atoms. The number of hydrogen-bond donors (Lipinski definition) is 4. The van der Waals surface area contributed by atoms with Gasteiger partial charge in [0.15, 0.2) is 0 Å². The van der Waals surface area contributed by atoms with Gasteiger partial charge in [0.05, 0.1) is 27.1 Å². The van der Waals surface area contributed by atoms with Crippen molar-refractivity contribution in [2.24, 2.45) is 0 Å². The van der Waals surface area contributed by atoms with Crippen molar-refractivity contribution in [2.75, 3.05) is 0 Å². The Labute approximate surface area is 221 Å². The van der Waals surface area contributed by atoms with Crippen molar-refractivity contribution in [1.82, 2.24) is 20.0 Å². The third-order valence-corrected chi connectivity index (χ3v) is 9.22. The van der Waals surface area contributed by atoms with Crippen LogP contribution in [0.2, 0.25) is 0 Å². The Bertz CT molecular complexity index is 1360. The molecule has 1 fully saturated rings. The van der Waals surface area contributed by atoms with Crippen LogP contribution in [-0.4, -0.2) is 46.3 Å². The van der Waals surface area contributed by atoms with Crippen LogP contribution in [0.15, 0.2) is 47.6 Å². The van der Waals surface area contributed by atoms with Gasteiger partial charge in [-0.2, -0.15) is 0 Å². The van der Waals surface area contributed by atoms with Gasteiger partial charge in [0.25, 0.3) is 0 Å².